The second kappa shape index (κ2) is 7.78. The van der Waals surface area contributed by atoms with Crippen LogP contribution in [0.1, 0.15) is 44.1 Å². The van der Waals surface area contributed by atoms with Crippen LogP contribution >= 0.6 is 0 Å². The lowest BCUT2D eigenvalue weighted by Gasteiger charge is -2.39. The van der Waals surface area contributed by atoms with Gasteiger partial charge in [0.2, 0.25) is 10.0 Å². The van der Waals surface area contributed by atoms with E-state index in [4.69, 9.17) is 0 Å². The third-order valence-electron chi connectivity index (χ3n) is 6.30. The highest BCUT2D eigenvalue weighted by atomic mass is 32.2. The second-order valence-electron chi connectivity index (χ2n) is 8.31. The van der Waals surface area contributed by atoms with E-state index in [1.807, 2.05) is 12.2 Å². The van der Waals surface area contributed by atoms with Gasteiger partial charge in [-0.1, -0.05) is 42.0 Å². The molecule has 0 spiro atoms. The van der Waals surface area contributed by atoms with E-state index in [9.17, 15) is 26.0 Å². The molecule has 1 aromatic rings. The van der Waals surface area contributed by atoms with E-state index < -0.39 is 44.7 Å². The zero-order chi connectivity index (χ0) is 22.4. The third-order valence-corrected chi connectivity index (χ3v) is 8.81. The Morgan fingerprint density at radius 2 is 2.00 bits per heavy atom. The summed E-state index contributed by atoms with van der Waals surface area (Å²) in [7, 11) is -3.76. The summed E-state index contributed by atoms with van der Waals surface area (Å²) in [6.45, 7) is 1.98. The quantitative estimate of drug-likeness (QED) is 0.461. The number of hydrogen-bond acceptors (Lipinski definition) is 3. The largest absolute Gasteiger partial charge is 0.573 e. The monoisotopic (exact) mass is 457 g/mol. The van der Waals surface area contributed by atoms with E-state index in [0.717, 1.165) is 11.6 Å². The Balaban J connectivity index is 1.68. The summed E-state index contributed by atoms with van der Waals surface area (Å²) in [6.07, 6.45) is 6.16. The molecule has 9 heteroatoms. The number of halogens is 4. The van der Waals surface area contributed by atoms with Gasteiger partial charge in [-0.25, -0.2) is 12.8 Å². The molecule has 31 heavy (non-hydrogen) atoms. The Bertz CT molecular complexity index is 1060. The van der Waals surface area contributed by atoms with Crippen LogP contribution in [0.25, 0.3) is 0 Å². The van der Waals surface area contributed by atoms with Crippen LogP contribution in [0.15, 0.2) is 54.2 Å². The number of benzene rings is 1. The van der Waals surface area contributed by atoms with Crippen LogP contribution in [0.4, 0.5) is 17.6 Å². The highest BCUT2D eigenvalue weighted by Gasteiger charge is 2.50. The summed E-state index contributed by atoms with van der Waals surface area (Å²) < 4.78 is 83.7. The van der Waals surface area contributed by atoms with Crippen LogP contribution in [-0.4, -0.2) is 36.4 Å². The van der Waals surface area contributed by atoms with E-state index in [-0.39, 0.29) is 5.56 Å². The maximum atomic E-state index is 14.9. The molecule has 168 valence electrons. The first kappa shape index (κ1) is 22.1. The third kappa shape index (κ3) is 4.05. The number of allylic oxidation sites excluding steroid dienone is 4. The average Bonchev–Trinajstić information content (AvgIpc) is 3.12. The van der Waals surface area contributed by atoms with Crippen molar-refractivity contribution in [3.63, 3.8) is 0 Å². The summed E-state index contributed by atoms with van der Waals surface area (Å²) in [5.41, 5.74) is 1.14. The molecule has 0 amide bonds. The molecule has 4 rings (SSSR count). The molecule has 0 bridgehead atoms. The van der Waals surface area contributed by atoms with Gasteiger partial charge < -0.3 is 4.74 Å². The van der Waals surface area contributed by atoms with Crippen LogP contribution in [0.2, 0.25) is 0 Å². The fraction of sp³-hybridized carbons (Fsp3) is 0.455. The Kier molecular flexibility index (Phi) is 5.54. The van der Waals surface area contributed by atoms with Crippen LogP contribution in [0, 0.1) is 5.82 Å². The highest BCUT2D eigenvalue weighted by molar-refractivity contribution is 7.90. The van der Waals surface area contributed by atoms with Crippen molar-refractivity contribution in [3.8, 4) is 5.75 Å². The first-order valence-electron chi connectivity index (χ1n) is 10.1. The molecule has 1 unspecified atom stereocenters. The lowest BCUT2D eigenvalue weighted by Crippen LogP contribution is -2.49. The fourth-order valence-corrected chi connectivity index (χ4v) is 6.77. The molecule has 0 aromatic heterocycles. The van der Waals surface area contributed by atoms with Crippen molar-refractivity contribution in [2.75, 3.05) is 6.54 Å². The zero-order valence-electron chi connectivity index (χ0n) is 16.9. The van der Waals surface area contributed by atoms with Crippen molar-refractivity contribution >= 4 is 10.0 Å². The molecule has 3 aliphatic rings. The van der Waals surface area contributed by atoms with Gasteiger partial charge in [-0.2, -0.15) is 4.31 Å². The van der Waals surface area contributed by atoms with Gasteiger partial charge in [0.1, 0.15) is 16.3 Å². The summed E-state index contributed by atoms with van der Waals surface area (Å²) in [6, 6.07) is 2.52. The van der Waals surface area contributed by atoms with E-state index in [2.05, 4.69) is 4.74 Å². The molecule has 4 nitrogen and oxygen atoms in total. The Labute approximate surface area is 178 Å². The van der Waals surface area contributed by atoms with Gasteiger partial charge in [0.25, 0.3) is 0 Å². The number of hydrogen-bond donors (Lipinski definition) is 0. The number of rotatable bonds is 4. The van der Waals surface area contributed by atoms with Crippen molar-refractivity contribution in [3.05, 3.63) is 65.5 Å². The molecule has 1 heterocycles. The minimum Gasteiger partial charge on any atom is -0.406 e. The smallest absolute Gasteiger partial charge is 0.406 e. The first-order chi connectivity index (χ1) is 14.5. The number of ether oxygens (including phenoxy) is 1. The second-order valence-corrected chi connectivity index (χ2v) is 10.7. The van der Waals surface area contributed by atoms with Crippen LogP contribution in [-0.2, 0) is 10.0 Å². The van der Waals surface area contributed by atoms with Gasteiger partial charge in [0.05, 0.1) is 6.04 Å². The average molecular weight is 457 g/mol. The number of fused-ring (bicyclic) bond motifs is 1. The minimum absolute atomic E-state index is 0.205. The van der Waals surface area contributed by atoms with Crippen LogP contribution in [0.5, 0.6) is 5.75 Å². The van der Waals surface area contributed by atoms with E-state index in [1.165, 1.54) is 10.4 Å². The van der Waals surface area contributed by atoms with Crippen LogP contribution in [0.3, 0.4) is 0 Å². The van der Waals surface area contributed by atoms with Crippen molar-refractivity contribution in [1.29, 1.82) is 0 Å². The van der Waals surface area contributed by atoms with E-state index in [0.29, 0.717) is 38.3 Å². The van der Waals surface area contributed by atoms with Gasteiger partial charge in [0, 0.05) is 18.5 Å². The molecule has 1 aromatic carbocycles. The molecular weight excluding hydrogens is 434 g/mol. The molecule has 0 N–H and O–H groups in total. The molecule has 1 aliphatic heterocycles. The lowest BCUT2D eigenvalue weighted by atomic mass is 9.80. The van der Waals surface area contributed by atoms with E-state index in [1.54, 1.807) is 25.2 Å². The molecule has 1 saturated heterocycles. The van der Waals surface area contributed by atoms with Gasteiger partial charge in [-0.15, -0.1) is 13.2 Å². The van der Waals surface area contributed by atoms with Gasteiger partial charge >= 0.3 is 6.36 Å². The number of sulfonamides is 1. The van der Waals surface area contributed by atoms with Crippen molar-refractivity contribution in [1.82, 2.24) is 4.31 Å². The van der Waals surface area contributed by atoms with E-state index >= 15 is 0 Å². The first-order valence-corrected chi connectivity index (χ1v) is 11.6. The lowest BCUT2D eigenvalue weighted by molar-refractivity contribution is -0.274. The standard InChI is InChI=1S/C22H23F4NO3S/c1-21(11-3-2-4-12-21)31(28,29)27-13-10-15-6-5-7-18(20(15)27)17-9-8-16(14-19(17)23)30-22(24,25)26/h2-4,6,8-9,11,14,18,20H,5,7,10,12-13H2,1H3/t18-,20+,21?/m0/s1. The predicted octanol–water partition coefficient (Wildman–Crippen LogP) is 5.21. The predicted molar refractivity (Wildman–Crippen MR) is 108 cm³/mol. The topological polar surface area (TPSA) is 46.6 Å². The van der Waals surface area contributed by atoms with Crippen LogP contribution < -0.4 is 4.74 Å². The fourth-order valence-electron chi connectivity index (χ4n) is 4.77. The maximum absolute atomic E-state index is 14.9. The Morgan fingerprint density at radius 3 is 2.65 bits per heavy atom. The zero-order valence-corrected chi connectivity index (χ0v) is 17.7. The normalized spacial score (nSPS) is 29.0. The van der Waals surface area contributed by atoms with Crippen molar-refractivity contribution in [2.24, 2.45) is 0 Å². The Morgan fingerprint density at radius 1 is 1.23 bits per heavy atom. The maximum Gasteiger partial charge on any atom is 0.573 e. The molecule has 1 fully saturated rings. The minimum atomic E-state index is -4.91. The number of nitrogens with zero attached hydrogens (tertiary/aromatic N) is 1. The Hall–Kier alpha value is -2.13. The van der Waals surface area contributed by atoms with Gasteiger partial charge in [-0.3, -0.25) is 0 Å². The highest BCUT2D eigenvalue weighted by Crippen LogP contribution is 2.46. The van der Waals surface area contributed by atoms with Gasteiger partial charge in [0.15, 0.2) is 0 Å². The molecular formula is C22H23F4NO3S. The summed E-state index contributed by atoms with van der Waals surface area (Å²) in [5.74, 6) is -1.95. The molecule has 3 atom stereocenters. The number of alkyl halides is 3. The summed E-state index contributed by atoms with van der Waals surface area (Å²) in [4.78, 5) is 0. The van der Waals surface area contributed by atoms with Crippen molar-refractivity contribution < 1.29 is 30.7 Å². The molecule has 2 aliphatic carbocycles. The molecule has 0 radical (unpaired) electrons. The summed E-state index contributed by atoms with van der Waals surface area (Å²) >= 11 is 0. The molecule has 0 saturated carbocycles. The van der Waals surface area contributed by atoms with Gasteiger partial charge in [-0.05, 0) is 44.2 Å². The SMILES string of the molecule is CC1(S(=O)(=O)N2CCC3=CCC[C@@H](c4ccc(OC(F)(F)F)cc4F)[C@@H]32)C=CC=CC1. The van der Waals surface area contributed by atoms with Crippen molar-refractivity contribution in [2.45, 2.75) is 55.7 Å². The summed E-state index contributed by atoms with van der Waals surface area (Å²) in [5, 5.41) is 0.